The topological polar surface area (TPSA) is 87.1 Å². The molecule has 3 aromatic rings. The number of nitriles is 1. The molecule has 3 rings (SSSR count). The number of ether oxygens (including phenoxy) is 2. The van der Waals surface area contributed by atoms with Gasteiger partial charge < -0.3 is 19.8 Å². The van der Waals surface area contributed by atoms with Crippen molar-refractivity contribution in [1.29, 1.82) is 5.26 Å². The van der Waals surface area contributed by atoms with Crippen molar-refractivity contribution < 1.29 is 14.3 Å². The standard InChI is InChI=1S/C22H20IN3O3/c1-28-20-11-14(10-18(23)21(20)29-2)9-16(12-24)22(27)25-8-7-15-13-26-19-6-4-3-5-17(15)19/h3-6,9-11,13,26H,7-8H2,1-2H3,(H,25,27). The molecule has 2 N–H and O–H groups in total. The number of nitrogens with zero attached hydrogens (tertiary/aromatic N) is 1. The molecule has 0 unspecified atom stereocenters. The molecule has 148 valence electrons. The van der Waals surface area contributed by atoms with Crippen LogP contribution >= 0.6 is 22.6 Å². The minimum atomic E-state index is -0.405. The first-order valence-corrected chi connectivity index (χ1v) is 10.0. The number of hydrogen-bond donors (Lipinski definition) is 2. The first kappa shape index (κ1) is 20.7. The van der Waals surface area contributed by atoms with E-state index >= 15 is 0 Å². The van der Waals surface area contributed by atoms with Crippen LogP contribution < -0.4 is 14.8 Å². The fraction of sp³-hybridized carbons (Fsp3) is 0.182. The molecule has 1 heterocycles. The van der Waals surface area contributed by atoms with Gasteiger partial charge in [0.05, 0.1) is 17.8 Å². The van der Waals surface area contributed by atoms with E-state index in [9.17, 15) is 10.1 Å². The maximum atomic E-state index is 12.5. The molecule has 0 spiro atoms. The average Bonchev–Trinajstić information content (AvgIpc) is 3.14. The van der Waals surface area contributed by atoms with Crippen molar-refractivity contribution in [1.82, 2.24) is 10.3 Å². The summed E-state index contributed by atoms with van der Waals surface area (Å²) in [5.74, 6) is 0.756. The summed E-state index contributed by atoms with van der Waals surface area (Å²) in [6, 6.07) is 13.6. The number of rotatable bonds is 7. The molecule has 1 aromatic heterocycles. The molecule has 0 saturated carbocycles. The predicted molar refractivity (Wildman–Crippen MR) is 121 cm³/mol. The van der Waals surface area contributed by atoms with Gasteiger partial charge in [-0.3, -0.25) is 4.79 Å². The van der Waals surface area contributed by atoms with Crippen LogP contribution in [-0.4, -0.2) is 31.7 Å². The summed E-state index contributed by atoms with van der Waals surface area (Å²) in [6.07, 6.45) is 4.16. The van der Waals surface area contributed by atoms with Crippen molar-refractivity contribution in [2.75, 3.05) is 20.8 Å². The van der Waals surface area contributed by atoms with Gasteiger partial charge >= 0.3 is 0 Å². The van der Waals surface area contributed by atoms with Crippen LogP contribution in [0, 0.1) is 14.9 Å². The average molecular weight is 501 g/mol. The largest absolute Gasteiger partial charge is 0.493 e. The van der Waals surface area contributed by atoms with Crippen LogP contribution in [0.25, 0.3) is 17.0 Å². The Hall–Kier alpha value is -2.99. The van der Waals surface area contributed by atoms with Crippen LogP contribution in [0.5, 0.6) is 11.5 Å². The van der Waals surface area contributed by atoms with Gasteiger partial charge in [0.15, 0.2) is 11.5 Å². The number of methoxy groups -OCH3 is 2. The number of fused-ring (bicyclic) bond motifs is 1. The summed E-state index contributed by atoms with van der Waals surface area (Å²) in [4.78, 5) is 15.7. The number of carbonyl (C=O) groups is 1. The van der Waals surface area contributed by atoms with Gasteiger partial charge in [0.25, 0.3) is 5.91 Å². The Balaban J connectivity index is 1.70. The number of H-pyrrole nitrogens is 1. The molecule has 7 heteroatoms. The molecule has 0 aliphatic carbocycles. The summed E-state index contributed by atoms with van der Waals surface area (Å²) >= 11 is 2.13. The Morgan fingerprint density at radius 2 is 2.07 bits per heavy atom. The van der Waals surface area contributed by atoms with Crippen molar-refractivity contribution in [3.8, 4) is 17.6 Å². The summed E-state index contributed by atoms with van der Waals surface area (Å²) in [7, 11) is 3.11. The monoisotopic (exact) mass is 501 g/mol. The lowest BCUT2D eigenvalue weighted by molar-refractivity contribution is -0.117. The zero-order valence-corrected chi connectivity index (χ0v) is 18.2. The number of benzene rings is 2. The number of halogens is 1. The third kappa shape index (κ3) is 4.71. The lowest BCUT2D eigenvalue weighted by Crippen LogP contribution is -2.26. The van der Waals surface area contributed by atoms with Gasteiger partial charge in [-0.15, -0.1) is 0 Å². The van der Waals surface area contributed by atoms with Crippen LogP contribution in [0.1, 0.15) is 11.1 Å². The zero-order chi connectivity index (χ0) is 20.8. The lowest BCUT2D eigenvalue weighted by Gasteiger charge is -2.11. The molecule has 0 saturated heterocycles. The molecule has 1 amide bonds. The van der Waals surface area contributed by atoms with E-state index in [0.717, 1.165) is 20.0 Å². The third-order valence-corrected chi connectivity index (χ3v) is 5.29. The van der Waals surface area contributed by atoms with Crippen LogP contribution in [0.4, 0.5) is 0 Å². The number of para-hydroxylation sites is 1. The van der Waals surface area contributed by atoms with E-state index in [1.54, 1.807) is 26.4 Å². The number of hydrogen-bond acceptors (Lipinski definition) is 4. The number of carbonyl (C=O) groups excluding carboxylic acids is 1. The Kier molecular flexibility index (Phi) is 6.77. The van der Waals surface area contributed by atoms with Gasteiger partial charge in [-0.05, 0) is 64.4 Å². The summed E-state index contributed by atoms with van der Waals surface area (Å²) in [6.45, 7) is 0.434. The smallest absolute Gasteiger partial charge is 0.261 e. The SMILES string of the molecule is COc1cc(C=C(C#N)C(=O)NCCc2c[nH]c3ccccc23)cc(I)c1OC. The fourth-order valence-electron chi connectivity index (χ4n) is 3.08. The highest BCUT2D eigenvalue weighted by Gasteiger charge is 2.13. The first-order valence-electron chi connectivity index (χ1n) is 8.94. The van der Waals surface area contributed by atoms with Crippen molar-refractivity contribution in [3.63, 3.8) is 0 Å². The number of aromatic nitrogens is 1. The molecule has 2 aromatic carbocycles. The maximum absolute atomic E-state index is 12.5. The van der Waals surface area contributed by atoms with Crippen molar-refractivity contribution in [3.05, 3.63) is 62.9 Å². The predicted octanol–water partition coefficient (Wildman–Crippen LogP) is 4.06. The molecular weight excluding hydrogens is 481 g/mol. The Labute approximate surface area is 182 Å². The molecule has 29 heavy (non-hydrogen) atoms. The Morgan fingerprint density at radius 1 is 1.28 bits per heavy atom. The molecular formula is C22H20IN3O3. The first-order chi connectivity index (χ1) is 14.1. The summed E-state index contributed by atoms with van der Waals surface area (Å²) in [5.41, 5.74) is 2.91. The van der Waals surface area contributed by atoms with Crippen LogP contribution in [0.3, 0.4) is 0 Å². The second kappa shape index (κ2) is 9.47. The van der Waals surface area contributed by atoms with Crippen LogP contribution in [-0.2, 0) is 11.2 Å². The van der Waals surface area contributed by atoms with E-state index in [4.69, 9.17) is 9.47 Å². The highest BCUT2D eigenvalue weighted by Crippen LogP contribution is 2.34. The van der Waals surface area contributed by atoms with E-state index in [2.05, 4.69) is 32.9 Å². The van der Waals surface area contributed by atoms with E-state index < -0.39 is 5.91 Å². The minimum absolute atomic E-state index is 0.0342. The molecule has 0 aliphatic rings. The zero-order valence-electron chi connectivity index (χ0n) is 16.1. The van der Waals surface area contributed by atoms with Crippen molar-refractivity contribution >= 4 is 45.5 Å². The molecule has 0 bridgehead atoms. The van der Waals surface area contributed by atoms with Crippen molar-refractivity contribution in [2.24, 2.45) is 0 Å². The Bertz CT molecular complexity index is 1110. The number of nitrogens with one attached hydrogen (secondary N) is 2. The van der Waals surface area contributed by atoms with Gasteiger partial charge in [0.1, 0.15) is 11.6 Å². The Morgan fingerprint density at radius 3 is 2.79 bits per heavy atom. The highest BCUT2D eigenvalue weighted by atomic mass is 127. The number of aromatic amines is 1. The van der Waals surface area contributed by atoms with Gasteiger partial charge in [-0.25, -0.2) is 0 Å². The normalized spacial score (nSPS) is 11.2. The van der Waals surface area contributed by atoms with E-state index in [1.165, 1.54) is 0 Å². The molecule has 0 aliphatic heterocycles. The van der Waals surface area contributed by atoms with E-state index in [0.29, 0.717) is 30.0 Å². The third-order valence-electron chi connectivity index (χ3n) is 4.49. The molecule has 0 radical (unpaired) electrons. The number of amides is 1. The maximum Gasteiger partial charge on any atom is 0.261 e. The fourth-order valence-corrected chi connectivity index (χ4v) is 3.93. The van der Waals surface area contributed by atoms with Gasteiger partial charge in [0.2, 0.25) is 0 Å². The minimum Gasteiger partial charge on any atom is -0.493 e. The lowest BCUT2D eigenvalue weighted by atomic mass is 10.1. The molecule has 0 fully saturated rings. The van der Waals surface area contributed by atoms with Crippen LogP contribution in [0.2, 0.25) is 0 Å². The van der Waals surface area contributed by atoms with E-state index in [-0.39, 0.29) is 5.57 Å². The van der Waals surface area contributed by atoms with Crippen molar-refractivity contribution in [2.45, 2.75) is 6.42 Å². The van der Waals surface area contributed by atoms with Gasteiger partial charge in [0, 0.05) is 23.6 Å². The van der Waals surface area contributed by atoms with E-state index in [1.807, 2.05) is 42.6 Å². The van der Waals surface area contributed by atoms with Gasteiger partial charge in [-0.1, -0.05) is 18.2 Å². The quantitative estimate of drug-likeness (QED) is 0.291. The molecule has 0 atom stereocenters. The van der Waals surface area contributed by atoms with Gasteiger partial charge in [-0.2, -0.15) is 5.26 Å². The van der Waals surface area contributed by atoms with Crippen LogP contribution in [0.15, 0.2) is 48.2 Å². The molecule has 6 nitrogen and oxygen atoms in total. The second-order valence-electron chi connectivity index (χ2n) is 6.27. The summed E-state index contributed by atoms with van der Waals surface area (Å²) < 4.78 is 11.5. The highest BCUT2D eigenvalue weighted by molar-refractivity contribution is 14.1. The summed E-state index contributed by atoms with van der Waals surface area (Å²) in [5, 5.41) is 13.4. The second-order valence-corrected chi connectivity index (χ2v) is 7.44.